The molecule has 3 rings (SSSR count). The van der Waals surface area contributed by atoms with Gasteiger partial charge in [-0.05, 0) is 68.8 Å². The third-order valence-electron chi connectivity index (χ3n) is 5.88. The molecule has 0 saturated carbocycles. The van der Waals surface area contributed by atoms with Gasteiger partial charge in [-0.25, -0.2) is 0 Å². The van der Waals surface area contributed by atoms with Gasteiger partial charge in [0.15, 0.2) is 0 Å². The van der Waals surface area contributed by atoms with E-state index in [0.717, 1.165) is 52.0 Å². The van der Waals surface area contributed by atoms with Gasteiger partial charge in [0, 0.05) is 26.1 Å². The molecule has 2 fully saturated rings. The highest BCUT2D eigenvalue weighted by molar-refractivity contribution is 5.85. The molecule has 2 heterocycles. The molecule has 1 amide bonds. The fourth-order valence-electron chi connectivity index (χ4n) is 4.29. The summed E-state index contributed by atoms with van der Waals surface area (Å²) in [5.41, 5.74) is 8.78. The molecule has 1 aromatic rings. The summed E-state index contributed by atoms with van der Waals surface area (Å²) in [6.45, 7) is 7.97. The van der Waals surface area contributed by atoms with Crippen molar-refractivity contribution in [3.63, 3.8) is 0 Å². The Bertz CT molecular complexity index is 574. The average Bonchev–Trinajstić information content (AvgIpc) is 2.60. The molecule has 0 unspecified atom stereocenters. The summed E-state index contributed by atoms with van der Waals surface area (Å²) in [5, 5.41) is 0. The third-order valence-corrected chi connectivity index (χ3v) is 5.88. The van der Waals surface area contributed by atoms with E-state index in [-0.39, 0.29) is 24.8 Å². The lowest BCUT2D eigenvalue weighted by Gasteiger charge is -2.47. The predicted molar refractivity (Wildman–Crippen MR) is 112 cm³/mol. The predicted octanol–water partition coefficient (Wildman–Crippen LogP) is 3.26. The summed E-state index contributed by atoms with van der Waals surface area (Å²) >= 11 is 0. The van der Waals surface area contributed by atoms with Crippen molar-refractivity contribution >= 4 is 30.7 Å². The van der Waals surface area contributed by atoms with Crippen molar-refractivity contribution in [2.45, 2.75) is 45.6 Å². The van der Waals surface area contributed by atoms with Crippen LogP contribution >= 0.6 is 24.8 Å². The molecule has 2 N–H and O–H groups in total. The van der Waals surface area contributed by atoms with Crippen LogP contribution in [0.5, 0.6) is 0 Å². The van der Waals surface area contributed by atoms with Crippen molar-refractivity contribution < 1.29 is 4.79 Å². The second kappa shape index (κ2) is 10.5. The molecule has 2 aliphatic heterocycles. The molecule has 0 aliphatic carbocycles. The zero-order valence-electron chi connectivity index (χ0n) is 15.8. The summed E-state index contributed by atoms with van der Waals surface area (Å²) < 4.78 is 0. The van der Waals surface area contributed by atoms with Gasteiger partial charge in [0.1, 0.15) is 0 Å². The van der Waals surface area contributed by atoms with Gasteiger partial charge < -0.3 is 10.6 Å². The lowest BCUT2D eigenvalue weighted by Crippen LogP contribution is -2.51. The minimum Gasteiger partial charge on any atom is -0.342 e. The number of halogens is 2. The number of nitrogens with zero attached hydrogens (tertiary/aromatic N) is 2. The Morgan fingerprint density at radius 1 is 1.12 bits per heavy atom. The van der Waals surface area contributed by atoms with Crippen molar-refractivity contribution in [1.29, 1.82) is 0 Å². The first-order valence-electron chi connectivity index (χ1n) is 9.42. The summed E-state index contributed by atoms with van der Waals surface area (Å²) in [6.07, 6.45) is 5.23. The maximum absolute atomic E-state index is 11.9. The van der Waals surface area contributed by atoms with E-state index in [9.17, 15) is 4.79 Å². The molecule has 2 saturated heterocycles. The van der Waals surface area contributed by atoms with Gasteiger partial charge in [0.2, 0.25) is 5.91 Å². The lowest BCUT2D eigenvalue weighted by atomic mass is 9.72. The Morgan fingerprint density at radius 3 is 2.46 bits per heavy atom. The van der Waals surface area contributed by atoms with Gasteiger partial charge in [-0.15, -0.1) is 24.8 Å². The first-order chi connectivity index (χ1) is 11.6. The van der Waals surface area contributed by atoms with Crippen LogP contribution in [0.15, 0.2) is 24.3 Å². The number of benzene rings is 1. The molecule has 0 aromatic heterocycles. The standard InChI is InChI=1S/C20H31N3O.2ClH/c1-2-23-16-20(8-6-19(23)24)9-12-22(13-10-20)15-18-5-3-4-17(14-18)7-11-21;;/h3-5,14H,2,6-13,15-16,21H2,1H3;2*1H. The smallest absolute Gasteiger partial charge is 0.222 e. The van der Waals surface area contributed by atoms with Crippen LogP contribution in [0.2, 0.25) is 0 Å². The summed E-state index contributed by atoms with van der Waals surface area (Å²) in [7, 11) is 0. The van der Waals surface area contributed by atoms with Gasteiger partial charge in [0.25, 0.3) is 0 Å². The number of piperidine rings is 2. The van der Waals surface area contributed by atoms with E-state index in [4.69, 9.17) is 5.73 Å². The highest BCUT2D eigenvalue weighted by atomic mass is 35.5. The van der Waals surface area contributed by atoms with Gasteiger partial charge in [-0.2, -0.15) is 0 Å². The second-order valence-electron chi connectivity index (χ2n) is 7.54. The molecule has 0 radical (unpaired) electrons. The average molecular weight is 402 g/mol. The molecule has 2 aliphatic rings. The van der Waals surface area contributed by atoms with Crippen molar-refractivity contribution in [1.82, 2.24) is 9.80 Å². The van der Waals surface area contributed by atoms with Crippen LogP contribution in [-0.2, 0) is 17.8 Å². The fraction of sp³-hybridized carbons (Fsp3) is 0.650. The Morgan fingerprint density at radius 2 is 1.81 bits per heavy atom. The Balaban J connectivity index is 0.00000169. The van der Waals surface area contributed by atoms with Crippen molar-refractivity contribution in [2.24, 2.45) is 11.1 Å². The van der Waals surface area contributed by atoms with Crippen molar-refractivity contribution in [2.75, 3.05) is 32.7 Å². The van der Waals surface area contributed by atoms with Crippen LogP contribution in [0.4, 0.5) is 0 Å². The first kappa shape index (κ1) is 23.2. The molecular weight excluding hydrogens is 369 g/mol. The molecule has 0 atom stereocenters. The number of rotatable bonds is 5. The fourth-order valence-corrected chi connectivity index (χ4v) is 4.29. The maximum Gasteiger partial charge on any atom is 0.222 e. The highest BCUT2D eigenvalue weighted by Crippen LogP contribution is 2.40. The largest absolute Gasteiger partial charge is 0.342 e. The number of hydrogen-bond acceptors (Lipinski definition) is 3. The van der Waals surface area contributed by atoms with Gasteiger partial charge in [-0.3, -0.25) is 9.69 Å². The lowest BCUT2D eigenvalue weighted by molar-refractivity contribution is -0.138. The molecule has 6 heteroatoms. The molecule has 148 valence electrons. The SMILES string of the molecule is CCN1CC2(CCC1=O)CCN(Cc1cccc(CCN)c1)CC2.Cl.Cl. The first-order valence-corrected chi connectivity index (χ1v) is 9.42. The number of carbonyl (C=O) groups excluding carboxylic acids is 1. The monoisotopic (exact) mass is 401 g/mol. The Labute approximate surface area is 170 Å². The summed E-state index contributed by atoms with van der Waals surface area (Å²) in [6, 6.07) is 8.84. The van der Waals surface area contributed by atoms with Crippen LogP contribution in [0, 0.1) is 5.41 Å². The van der Waals surface area contributed by atoms with Crippen LogP contribution in [0.1, 0.15) is 43.7 Å². The normalized spacial score (nSPS) is 19.8. The molecule has 26 heavy (non-hydrogen) atoms. The topological polar surface area (TPSA) is 49.6 Å². The Kier molecular flexibility index (Phi) is 9.39. The molecule has 4 nitrogen and oxygen atoms in total. The highest BCUT2D eigenvalue weighted by Gasteiger charge is 2.40. The van der Waals surface area contributed by atoms with Crippen LogP contribution in [0.25, 0.3) is 0 Å². The van der Waals surface area contributed by atoms with E-state index in [1.807, 2.05) is 0 Å². The van der Waals surface area contributed by atoms with Gasteiger partial charge in [-0.1, -0.05) is 24.3 Å². The number of likely N-dealkylation sites (tertiary alicyclic amines) is 2. The number of hydrogen-bond donors (Lipinski definition) is 1. The zero-order valence-corrected chi connectivity index (χ0v) is 17.4. The van der Waals surface area contributed by atoms with Gasteiger partial charge in [0.05, 0.1) is 0 Å². The van der Waals surface area contributed by atoms with Gasteiger partial charge >= 0.3 is 0 Å². The van der Waals surface area contributed by atoms with E-state index < -0.39 is 0 Å². The quantitative estimate of drug-likeness (QED) is 0.823. The van der Waals surface area contributed by atoms with E-state index >= 15 is 0 Å². The number of amides is 1. The minimum atomic E-state index is 0. The van der Waals surface area contributed by atoms with Crippen molar-refractivity contribution in [3.05, 3.63) is 35.4 Å². The van der Waals surface area contributed by atoms with E-state index in [1.54, 1.807) is 0 Å². The van der Waals surface area contributed by atoms with E-state index in [0.29, 0.717) is 17.9 Å². The van der Waals surface area contributed by atoms with Crippen LogP contribution < -0.4 is 5.73 Å². The summed E-state index contributed by atoms with van der Waals surface area (Å²) in [5.74, 6) is 0.349. The number of carbonyl (C=O) groups is 1. The second-order valence-corrected chi connectivity index (χ2v) is 7.54. The van der Waals surface area contributed by atoms with Crippen LogP contribution in [0.3, 0.4) is 0 Å². The van der Waals surface area contributed by atoms with E-state index in [1.165, 1.54) is 24.0 Å². The minimum absolute atomic E-state index is 0. The Hall–Kier alpha value is -0.810. The van der Waals surface area contributed by atoms with Crippen LogP contribution in [-0.4, -0.2) is 48.4 Å². The maximum atomic E-state index is 11.9. The van der Waals surface area contributed by atoms with Crippen molar-refractivity contribution in [3.8, 4) is 0 Å². The third kappa shape index (κ3) is 5.59. The molecule has 1 aromatic carbocycles. The van der Waals surface area contributed by atoms with E-state index in [2.05, 4.69) is 41.0 Å². The number of nitrogens with two attached hydrogens (primary N) is 1. The molecule has 0 bridgehead atoms. The molecular formula is C20H33Cl2N3O. The zero-order chi connectivity index (χ0) is 17.0. The summed E-state index contributed by atoms with van der Waals surface area (Å²) in [4.78, 5) is 16.6. The molecule has 1 spiro atoms.